The maximum absolute atomic E-state index is 11.3. The predicted octanol–water partition coefficient (Wildman–Crippen LogP) is 4.20. The lowest BCUT2D eigenvalue weighted by molar-refractivity contribution is 0.101. The first-order chi connectivity index (χ1) is 9.16. The third-order valence-electron chi connectivity index (χ3n) is 2.93. The van der Waals surface area contributed by atoms with Crippen LogP contribution in [0.2, 0.25) is 5.02 Å². The van der Waals surface area contributed by atoms with Gasteiger partial charge in [0.1, 0.15) is 0 Å². The van der Waals surface area contributed by atoms with E-state index in [0.717, 1.165) is 18.7 Å². The third-order valence-corrected chi connectivity index (χ3v) is 3.25. The molecule has 0 bridgehead atoms. The van der Waals surface area contributed by atoms with Crippen molar-refractivity contribution in [3.05, 3.63) is 64.7 Å². The van der Waals surface area contributed by atoms with Crippen LogP contribution in [0.4, 0.5) is 5.69 Å². The summed E-state index contributed by atoms with van der Waals surface area (Å²) in [6.07, 6.45) is 0.951. The standard InChI is InChI=1S/C16H16ClNO/c1-12(19)15-8-7-14(11-16(15)17)18-10-9-13-5-3-2-4-6-13/h2-8,11,18H,9-10H2,1H3. The fraction of sp³-hybridized carbons (Fsp3) is 0.188. The SMILES string of the molecule is CC(=O)c1ccc(NCCc2ccccc2)cc1Cl. The van der Waals surface area contributed by atoms with Crippen molar-refractivity contribution in [3.63, 3.8) is 0 Å². The van der Waals surface area contributed by atoms with Crippen molar-refractivity contribution in [1.29, 1.82) is 0 Å². The Morgan fingerprint density at radius 3 is 2.53 bits per heavy atom. The molecule has 0 aliphatic rings. The molecular formula is C16H16ClNO. The van der Waals surface area contributed by atoms with Crippen LogP contribution in [0.5, 0.6) is 0 Å². The molecule has 0 saturated carbocycles. The van der Waals surface area contributed by atoms with Gasteiger partial charge in [-0.3, -0.25) is 4.79 Å². The van der Waals surface area contributed by atoms with Crippen molar-refractivity contribution < 1.29 is 4.79 Å². The molecule has 0 atom stereocenters. The van der Waals surface area contributed by atoms with Crippen LogP contribution in [0, 0.1) is 0 Å². The Hall–Kier alpha value is -1.80. The van der Waals surface area contributed by atoms with Crippen molar-refractivity contribution in [2.24, 2.45) is 0 Å². The summed E-state index contributed by atoms with van der Waals surface area (Å²) >= 11 is 6.06. The number of hydrogen-bond acceptors (Lipinski definition) is 2. The number of ketones is 1. The fourth-order valence-corrected chi connectivity index (χ4v) is 2.22. The van der Waals surface area contributed by atoms with E-state index in [9.17, 15) is 4.79 Å². The minimum Gasteiger partial charge on any atom is -0.385 e. The van der Waals surface area contributed by atoms with Gasteiger partial charge >= 0.3 is 0 Å². The number of benzene rings is 2. The van der Waals surface area contributed by atoms with Gasteiger partial charge in [0, 0.05) is 17.8 Å². The number of rotatable bonds is 5. The summed E-state index contributed by atoms with van der Waals surface area (Å²) < 4.78 is 0. The van der Waals surface area contributed by atoms with Crippen LogP contribution in [0.1, 0.15) is 22.8 Å². The smallest absolute Gasteiger partial charge is 0.161 e. The van der Waals surface area contributed by atoms with Gasteiger partial charge in [-0.25, -0.2) is 0 Å². The van der Waals surface area contributed by atoms with E-state index in [2.05, 4.69) is 17.4 Å². The zero-order valence-electron chi connectivity index (χ0n) is 10.8. The zero-order chi connectivity index (χ0) is 13.7. The maximum Gasteiger partial charge on any atom is 0.161 e. The second-order valence-corrected chi connectivity index (χ2v) is 4.82. The van der Waals surface area contributed by atoms with E-state index in [4.69, 9.17) is 11.6 Å². The Morgan fingerprint density at radius 1 is 1.16 bits per heavy atom. The van der Waals surface area contributed by atoms with Gasteiger partial charge < -0.3 is 5.32 Å². The van der Waals surface area contributed by atoms with Gasteiger partial charge in [-0.05, 0) is 37.1 Å². The molecule has 2 nitrogen and oxygen atoms in total. The summed E-state index contributed by atoms with van der Waals surface area (Å²) in [7, 11) is 0. The van der Waals surface area contributed by atoms with Gasteiger partial charge in [0.2, 0.25) is 0 Å². The molecule has 98 valence electrons. The average Bonchev–Trinajstić information content (AvgIpc) is 2.39. The topological polar surface area (TPSA) is 29.1 Å². The second kappa shape index (κ2) is 6.39. The van der Waals surface area contributed by atoms with Gasteiger partial charge in [-0.2, -0.15) is 0 Å². The minimum atomic E-state index is -0.0131. The molecule has 19 heavy (non-hydrogen) atoms. The Morgan fingerprint density at radius 2 is 1.89 bits per heavy atom. The average molecular weight is 274 g/mol. The molecule has 0 spiro atoms. The van der Waals surface area contributed by atoms with Crippen LogP contribution in [0.3, 0.4) is 0 Å². The van der Waals surface area contributed by atoms with Crippen LogP contribution < -0.4 is 5.32 Å². The first-order valence-corrected chi connectivity index (χ1v) is 6.63. The first-order valence-electron chi connectivity index (χ1n) is 6.25. The van der Waals surface area contributed by atoms with Gasteiger partial charge in [0.15, 0.2) is 5.78 Å². The number of nitrogens with one attached hydrogen (secondary N) is 1. The molecule has 0 radical (unpaired) electrons. The summed E-state index contributed by atoms with van der Waals surface area (Å²) in [5.41, 5.74) is 2.79. The molecule has 3 heteroatoms. The number of Topliss-reactive ketones (excluding diaryl/α,β-unsaturated/α-hetero) is 1. The van der Waals surface area contributed by atoms with Gasteiger partial charge in [0.05, 0.1) is 5.02 Å². The van der Waals surface area contributed by atoms with E-state index in [1.165, 1.54) is 12.5 Å². The number of halogens is 1. The van der Waals surface area contributed by atoms with Crippen LogP contribution in [-0.2, 0) is 6.42 Å². The molecule has 0 aromatic heterocycles. The highest BCUT2D eigenvalue weighted by molar-refractivity contribution is 6.34. The number of carbonyl (C=O) groups is 1. The normalized spacial score (nSPS) is 10.2. The lowest BCUT2D eigenvalue weighted by Gasteiger charge is -2.08. The largest absolute Gasteiger partial charge is 0.385 e. The van der Waals surface area contributed by atoms with Gasteiger partial charge in [0.25, 0.3) is 0 Å². The fourth-order valence-electron chi connectivity index (χ4n) is 1.91. The summed E-state index contributed by atoms with van der Waals surface area (Å²) in [5, 5.41) is 3.80. The summed E-state index contributed by atoms with van der Waals surface area (Å²) in [6.45, 7) is 2.35. The maximum atomic E-state index is 11.3. The summed E-state index contributed by atoms with van der Waals surface area (Å²) in [6, 6.07) is 15.7. The molecular weight excluding hydrogens is 258 g/mol. The highest BCUT2D eigenvalue weighted by Gasteiger charge is 2.05. The number of anilines is 1. The molecule has 0 amide bonds. The van der Waals surface area contributed by atoms with Crippen molar-refractivity contribution in [2.45, 2.75) is 13.3 Å². The summed E-state index contributed by atoms with van der Waals surface area (Å²) in [5.74, 6) is -0.0131. The third kappa shape index (κ3) is 3.83. The predicted molar refractivity (Wildman–Crippen MR) is 80.1 cm³/mol. The molecule has 0 heterocycles. The molecule has 0 aliphatic carbocycles. The molecule has 2 rings (SSSR count). The van der Waals surface area contributed by atoms with Gasteiger partial charge in [-0.1, -0.05) is 41.9 Å². The van der Waals surface area contributed by atoms with E-state index in [1.807, 2.05) is 24.3 Å². The van der Waals surface area contributed by atoms with E-state index in [-0.39, 0.29) is 5.78 Å². The molecule has 0 fully saturated rings. The minimum absolute atomic E-state index is 0.0131. The Balaban J connectivity index is 1.93. The molecule has 0 unspecified atom stereocenters. The van der Waals surface area contributed by atoms with Crippen LogP contribution >= 0.6 is 11.6 Å². The van der Waals surface area contributed by atoms with Crippen molar-refractivity contribution in [2.75, 3.05) is 11.9 Å². The van der Waals surface area contributed by atoms with Gasteiger partial charge in [-0.15, -0.1) is 0 Å². The Bertz CT molecular complexity index is 566. The molecule has 0 saturated heterocycles. The van der Waals surface area contributed by atoms with Crippen LogP contribution in [0.15, 0.2) is 48.5 Å². The molecule has 2 aromatic rings. The van der Waals surface area contributed by atoms with Crippen LogP contribution in [0.25, 0.3) is 0 Å². The Labute approximate surface area is 118 Å². The number of hydrogen-bond donors (Lipinski definition) is 1. The Kier molecular flexibility index (Phi) is 4.58. The van der Waals surface area contributed by atoms with E-state index >= 15 is 0 Å². The zero-order valence-corrected chi connectivity index (χ0v) is 11.6. The molecule has 0 aliphatic heterocycles. The van der Waals surface area contributed by atoms with Crippen molar-refractivity contribution >= 4 is 23.1 Å². The highest BCUT2D eigenvalue weighted by atomic mass is 35.5. The van der Waals surface area contributed by atoms with Crippen LogP contribution in [-0.4, -0.2) is 12.3 Å². The van der Waals surface area contributed by atoms with E-state index in [1.54, 1.807) is 12.1 Å². The van der Waals surface area contributed by atoms with Crippen molar-refractivity contribution in [3.8, 4) is 0 Å². The molecule has 1 N–H and O–H groups in total. The number of carbonyl (C=O) groups excluding carboxylic acids is 1. The summed E-state index contributed by atoms with van der Waals surface area (Å²) in [4.78, 5) is 11.3. The molecule has 2 aromatic carbocycles. The quantitative estimate of drug-likeness (QED) is 0.828. The van der Waals surface area contributed by atoms with E-state index in [0.29, 0.717) is 10.6 Å². The lowest BCUT2D eigenvalue weighted by atomic mass is 10.1. The lowest BCUT2D eigenvalue weighted by Crippen LogP contribution is -2.05. The second-order valence-electron chi connectivity index (χ2n) is 4.41. The monoisotopic (exact) mass is 273 g/mol. The highest BCUT2D eigenvalue weighted by Crippen LogP contribution is 2.21. The van der Waals surface area contributed by atoms with E-state index < -0.39 is 0 Å². The van der Waals surface area contributed by atoms with Crippen molar-refractivity contribution in [1.82, 2.24) is 0 Å². The first kappa shape index (κ1) is 13.6.